The van der Waals surface area contributed by atoms with Crippen LogP contribution in [0.15, 0.2) is 42.0 Å². The molecule has 102 valence electrons. The van der Waals surface area contributed by atoms with Crippen molar-refractivity contribution in [3.8, 4) is 0 Å². The lowest BCUT2D eigenvalue weighted by Crippen LogP contribution is -2.37. The smallest absolute Gasteiger partial charge is 0.243 e. The normalized spacial score (nSPS) is 12.4. The number of carbonyl (C=O) groups excluding carboxylic acids is 1. The fourth-order valence-electron chi connectivity index (χ4n) is 2.11. The van der Waals surface area contributed by atoms with Gasteiger partial charge >= 0.3 is 0 Å². The Bertz CT molecular complexity index is 720. The van der Waals surface area contributed by atoms with E-state index < -0.39 is 6.04 Å². The average molecular weight is 286 g/mol. The summed E-state index contributed by atoms with van der Waals surface area (Å²) in [6.07, 6.45) is 4.04. The summed E-state index contributed by atoms with van der Waals surface area (Å²) >= 11 is 1.37. The second-order valence-electron chi connectivity index (χ2n) is 4.50. The van der Waals surface area contributed by atoms with E-state index in [1.54, 1.807) is 11.6 Å². The van der Waals surface area contributed by atoms with Gasteiger partial charge in [-0.05, 0) is 18.1 Å². The summed E-state index contributed by atoms with van der Waals surface area (Å²) in [6, 6.07) is 7.36. The number of anilines is 1. The van der Waals surface area contributed by atoms with Crippen LogP contribution in [0.3, 0.4) is 0 Å². The molecule has 0 saturated heterocycles. The molecule has 3 rings (SSSR count). The van der Waals surface area contributed by atoms with Crippen LogP contribution in [0.1, 0.15) is 5.56 Å². The predicted molar refractivity (Wildman–Crippen MR) is 80.7 cm³/mol. The molecule has 2 aromatic heterocycles. The van der Waals surface area contributed by atoms with E-state index in [4.69, 9.17) is 5.73 Å². The van der Waals surface area contributed by atoms with Gasteiger partial charge in [-0.25, -0.2) is 4.98 Å². The summed E-state index contributed by atoms with van der Waals surface area (Å²) in [4.78, 5) is 19.2. The first kappa shape index (κ1) is 12.8. The molecular weight excluding hydrogens is 272 g/mol. The number of thiazole rings is 1. The van der Waals surface area contributed by atoms with Gasteiger partial charge in [-0.2, -0.15) is 0 Å². The molecule has 1 atom stereocenters. The van der Waals surface area contributed by atoms with Gasteiger partial charge in [0.2, 0.25) is 5.91 Å². The second kappa shape index (κ2) is 5.44. The molecule has 1 amide bonds. The summed E-state index contributed by atoms with van der Waals surface area (Å²) < 4.78 is 0. The van der Waals surface area contributed by atoms with Gasteiger partial charge in [0.25, 0.3) is 0 Å². The Morgan fingerprint density at radius 1 is 1.45 bits per heavy atom. The van der Waals surface area contributed by atoms with E-state index in [-0.39, 0.29) is 5.91 Å². The number of carbonyl (C=O) groups is 1. The van der Waals surface area contributed by atoms with Gasteiger partial charge in [0.1, 0.15) is 0 Å². The van der Waals surface area contributed by atoms with E-state index in [0.717, 1.165) is 16.5 Å². The third kappa shape index (κ3) is 2.56. The summed E-state index contributed by atoms with van der Waals surface area (Å²) in [5.41, 5.74) is 8.06. The molecule has 0 radical (unpaired) electrons. The first-order valence-corrected chi connectivity index (χ1v) is 7.13. The van der Waals surface area contributed by atoms with Crippen LogP contribution in [0.5, 0.6) is 0 Å². The molecule has 5 nitrogen and oxygen atoms in total. The Morgan fingerprint density at radius 2 is 2.30 bits per heavy atom. The highest BCUT2D eigenvalue weighted by Crippen LogP contribution is 2.19. The van der Waals surface area contributed by atoms with Crippen LogP contribution in [-0.2, 0) is 11.2 Å². The highest BCUT2D eigenvalue weighted by atomic mass is 32.1. The van der Waals surface area contributed by atoms with Crippen molar-refractivity contribution in [3.05, 3.63) is 47.6 Å². The van der Waals surface area contributed by atoms with Crippen molar-refractivity contribution in [2.75, 3.05) is 5.32 Å². The number of aromatic amines is 1. The molecule has 1 aromatic carbocycles. The maximum absolute atomic E-state index is 12.0. The fourth-order valence-corrected chi connectivity index (χ4v) is 2.65. The first-order chi connectivity index (χ1) is 9.74. The number of nitrogens with one attached hydrogen (secondary N) is 2. The number of nitrogens with two attached hydrogens (primary N) is 1. The number of amides is 1. The topological polar surface area (TPSA) is 83.8 Å². The fraction of sp³-hybridized carbons (Fsp3) is 0.143. The number of benzene rings is 1. The van der Waals surface area contributed by atoms with Crippen molar-refractivity contribution in [3.63, 3.8) is 0 Å². The summed E-state index contributed by atoms with van der Waals surface area (Å²) in [7, 11) is 0. The van der Waals surface area contributed by atoms with Crippen molar-refractivity contribution in [1.29, 1.82) is 0 Å². The van der Waals surface area contributed by atoms with Gasteiger partial charge in [-0.3, -0.25) is 4.79 Å². The van der Waals surface area contributed by atoms with Crippen LogP contribution in [0.2, 0.25) is 0 Å². The molecule has 20 heavy (non-hydrogen) atoms. The molecule has 3 aromatic rings. The summed E-state index contributed by atoms with van der Waals surface area (Å²) in [5, 5.41) is 6.20. The number of hydrogen-bond acceptors (Lipinski definition) is 4. The number of aromatic nitrogens is 2. The minimum Gasteiger partial charge on any atom is -0.361 e. The third-order valence-electron chi connectivity index (χ3n) is 3.11. The van der Waals surface area contributed by atoms with E-state index in [0.29, 0.717) is 11.6 Å². The number of para-hydroxylation sites is 1. The van der Waals surface area contributed by atoms with Gasteiger partial charge in [0.05, 0.1) is 6.04 Å². The van der Waals surface area contributed by atoms with E-state index >= 15 is 0 Å². The summed E-state index contributed by atoms with van der Waals surface area (Å²) in [5.74, 6) is -0.217. The van der Waals surface area contributed by atoms with E-state index in [1.165, 1.54) is 11.3 Å². The second-order valence-corrected chi connectivity index (χ2v) is 5.39. The van der Waals surface area contributed by atoms with Gasteiger partial charge in [0.15, 0.2) is 5.13 Å². The average Bonchev–Trinajstić information content (AvgIpc) is 3.09. The van der Waals surface area contributed by atoms with Crippen LogP contribution < -0.4 is 11.1 Å². The number of nitrogens with zero attached hydrogens (tertiary/aromatic N) is 1. The van der Waals surface area contributed by atoms with Crippen molar-refractivity contribution >= 4 is 33.3 Å². The minimum absolute atomic E-state index is 0.217. The minimum atomic E-state index is -0.599. The van der Waals surface area contributed by atoms with E-state index in [9.17, 15) is 4.79 Å². The maximum Gasteiger partial charge on any atom is 0.243 e. The molecule has 0 unspecified atom stereocenters. The first-order valence-electron chi connectivity index (χ1n) is 6.25. The lowest BCUT2D eigenvalue weighted by molar-refractivity contribution is -0.117. The predicted octanol–water partition coefficient (Wildman–Crippen LogP) is 2.13. The quantitative estimate of drug-likeness (QED) is 0.687. The van der Waals surface area contributed by atoms with Crippen molar-refractivity contribution in [2.24, 2.45) is 5.73 Å². The molecule has 4 N–H and O–H groups in total. The van der Waals surface area contributed by atoms with Gasteiger partial charge < -0.3 is 16.0 Å². The lowest BCUT2D eigenvalue weighted by atomic mass is 10.1. The van der Waals surface area contributed by atoms with Gasteiger partial charge in [-0.15, -0.1) is 11.3 Å². The standard InChI is InChI=1S/C14H14N4OS/c15-11(13(19)18-14-16-5-6-20-14)7-9-8-17-12-4-2-1-3-10(9)12/h1-6,8,11,17H,7,15H2,(H,16,18,19)/t11-/m1/s1. The van der Waals surface area contributed by atoms with Crippen LogP contribution in [0.25, 0.3) is 10.9 Å². The zero-order chi connectivity index (χ0) is 13.9. The van der Waals surface area contributed by atoms with E-state index in [2.05, 4.69) is 15.3 Å². The molecule has 0 fully saturated rings. The Morgan fingerprint density at radius 3 is 3.10 bits per heavy atom. The number of rotatable bonds is 4. The lowest BCUT2D eigenvalue weighted by Gasteiger charge is -2.10. The summed E-state index contributed by atoms with van der Waals surface area (Å²) in [6.45, 7) is 0. The molecule has 0 saturated carbocycles. The van der Waals surface area contributed by atoms with Crippen molar-refractivity contribution < 1.29 is 4.79 Å². The van der Waals surface area contributed by atoms with Crippen LogP contribution in [0.4, 0.5) is 5.13 Å². The molecule has 0 bridgehead atoms. The monoisotopic (exact) mass is 286 g/mol. The molecule has 6 heteroatoms. The molecule has 0 aliphatic rings. The largest absolute Gasteiger partial charge is 0.361 e. The number of hydrogen-bond donors (Lipinski definition) is 3. The molecular formula is C14H14N4OS. The van der Waals surface area contributed by atoms with Gasteiger partial charge in [-0.1, -0.05) is 18.2 Å². The number of H-pyrrole nitrogens is 1. The van der Waals surface area contributed by atoms with Crippen molar-refractivity contribution in [1.82, 2.24) is 9.97 Å². The maximum atomic E-state index is 12.0. The highest BCUT2D eigenvalue weighted by Gasteiger charge is 2.17. The van der Waals surface area contributed by atoms with Gasteiger partial charge in [0, 0.05) is 28.7 Å². The SMILES string of the molecule is N[C@H](Cc1c[nH]c2ccccc12)C(=O)Nc1nccs1. The highest BCUT2D eigenvalue weighted by molar-refractivity contribution is 7.13. The zero-order valence-corrected chi connectivity index (χ0v) is 11.5. The molecule has 0 aliphatic carbocycles. The Hall–Kier alpha value is -2.18. The Kier molecular flexibility index (Phi) is 3.49. The molecule has 0 spiro atoms. The molecule has 2 heterocycles. The molecule has 0 aliphatic heterocycles. The van der Waals surface area contributed by atoms with Crippen LogP contribution in [-0.4, -0.2) is 21.9 Å². The number of fused-ring (bicyclic) bond motifs is 1. The Labute approximate surface area is 119 Å². The Balaban J connectivity index is 1.72. The zero-order valence-electron chi connectivity index (χ0n) is 10.7. The van der Waals surface area contributed by atoms with Crippen molar-refractivity contribution in [2.45, 2.75) is 12.5 Å². The van der Waals surface area contributed by atoms with Crippen LogP contribution in [0, 0.1) is 0 Å². The third-order valence-corrected chi connectivity index (χ3v) is 3.80. The van der Waals surface area contributed by atoms with Crippen LogP contribution >= 0.6 is 11.3 Å². The van der Waals surface area contributed by atoms with E-state index in [1.807, 2.05) is 30.5 Å².